The molecule has 0 unspecified atom stereocenters. The molecule has 0 aliphatic carbocycles. The minimum Gasteiger partial charge on any atom is -0.398 e. The van der Waals surface area contributed by atoms with Gasteiger partial charge in [-0.2, -0.15) is 26.3 Å². The number of anilines is 1. The van der Waals surface area contributed by atoms with Gasteiger partial charge < -0.3 is 5.73 Å². The van der Waals surface area contributed by atoms with Crippen LogP contribution < -0.4 is 5.73 Å². The van der Waals surface area contributed by atoms with Crippen LogP contribution in [0.4, 0.5) is 32.0 Å². The predicted molar refractivity (Wildman–Crippen MR) is 162 cm³/mol. The van der Waals surface area contributed by atoms with Gasteiger partial charge in [0.1, 0.15) is 0 Å². The average Bonchev–Trinajstić information content (AvgIpc) is 2.96. The van der Waals surface area contributed by atoms with E-state index in [1.807, 2.05) is 0 Å². The second-order valence-electron chi connectivity index (χ2n) is 9.64. The Hall–Kier alpha value is -3.89. The van der Waals surface area contributed by atoms with Gasteiger partial charge in [0.25, 0.3) is 0 Å². The summed E-state index contributed by atoms with van der Waals surface area (Å²) in [5, 5.41) is 0. The highest BCUT2D eigenvalue weighted by atomic mass is 79.9. The second-order valence-corrected chi connectivity index (χ2v) is 11.5. The van der Waals surface area contributed by atoms with Crippen LogP contribution in [-0.4, -0.2) is 5.78 Å². The zero-order chi connectivity index (χ0) is 31.1. The van der Waals surface area contributed by atoms with Crippen LogP contribution in [-0.2, 0) is 12.4 Å². The van der Waals surface area contributed by atoms with Gasteiger partial charge in [-0.3, -0.25) is 4.79 Å². The zero-order valence-corrected chi connectivity index (χ0v) is 25.0. The van der Waals surface area contributed by atoms with Crippen molar-refractivity contribution in [3.8, 4) is 33.4 Å². The minimum atomic E-state index is -5.08. The van der Waals surface area contributed by atoms with Gasteiger partial charge >= 0.3 is 12.4 Å². The third-order valence-corrected chi connectivity index (χ3v) is 7.87. The first kappa shape index (κ1) is 30.6. The topological polar surface area (TPSA) is 43.1 Å². The number of halogens is 8. The summed E-state index contributed by atoms with van der Waals surface area (Å²) in [5.74, 6) is -0.546. The van der Waals surface area contributed by atoms with E-state index >= 15 is 0 Å². The standard InChI is InChI=1S/C33H19Br2F6NO/c34-24-10-6-19(7-11-24)26-17-27(18-4-2-1-3-5-18)29(31(43)20-8-12-25(35)13-9-20)30(42)28(26)21-14-22(32(36,37)38)16-23(15-21)33(39,40)41/h1-17H,42H2. The van der Waals surface area contributed by atoms with Crippen molar-refractivity contribution in [2.75, 3.05) is 5.73 Å². The first-order valence-corrected chi connectivity index (χ1v) is 14.2. The van der Waals surface area contributed by atoms with Crippen LogP contribution in [0.25, 0.3) is 33.4 Å². The van der Waals surface area contributed by atoms with Gasteiger partial charge in [-0.1, -0.05) is 74.3 Å². The maximum Gasteiger partial charge on any atom is 0.416 e. The van der Waals surface area contributed by atoms with Gasteiger partial charge in [-0.25, -0.2) is 0 Å². The number of hydrogen-bond acceptors (Lipinski definition) is 2. The van der Waals surface area contributed by atoms with E-state index in [0.29, 0.717) is 37.8 Å². The predicted octanol–water partition coefficient (Wildman–Crippen LogP) is 11.1. The summed E-state index contributed by atoms with van der Waals surface area (Å²) >= 11 is 6.67. The molecule has 0 aliphatic heterocycles. The molecule has 5 rings (SSSR count). The lowest BCUT2D eigenvalue weighted by Gasteiger charge is -2.22. The second kappa shape index (κ2) is 11.7. The SMILES string of the molecule is Nc1c(C(=O)c2ccc(Br)cc2)c(-c2ccccc2)cc(-c2ccc(Br)cc2)c1-c1cc(C(F)(F)F)cc(C(F)(F)F)c1. The maximum absolute atomic E-state index is 14.0. The van der Waals surface area contributed by atoms with Gasteiger partial charge in [0.2, 0.25) is 0 Å². The highest BCUT2D eigenvalue weighted by molar-refractivity contribution is 9.10. The van der Waals surface area contributed by atoms with E-state index in [2.05, 4.69) is 31.9 Å². The van der Waals surface area contributed by atoms with Crippen LogP contribution in [0.5, 0.6) is 0 Å². The van der Waals surface area contributed by atoms with Crippen LogP contribution >= 0.6 is 31.9 Å². The molecule has 5 aromatic carbocycles. The Morgan fingerprint density at radius 2 is 1.07 bits per heavy atom. The molecule has 2 nitrogen and oxygen atoms in total. The Bertz CT molecular complexity index is 1780. The molecule has 0 atom stereocenters. The highest BCUT2D eigenvalue weighted by Crippen LogP contribution is 2.47. The van der Waals surface area contributed by atoms with Crippen molar-refractivity contribution < 1.29 is 31.1 Å². The first-order valence-electron chi connectivity index (χ1n) is 12.6. The molecule has 218 valence electrons. The van der Waals surface area contributed by atoms with Crippen molar-refractivity contribution in [1.82, 2.24) is 0 Å². The number of nitrogen functional groups attached to an aromatic ring is 1. The van der Waals surface area contributed by atoms with E-state index in [0.717, 1.165) is 0 Å². The van der Waals surface area contributed by atoms with Crippen LogP contribution in [0.1, 0.15) is 27.0 Å². The van der Waals surface area contributed by atoms with Gasteiger partial charge in [-0.05, 0) is 88.5 Å². The molecule has 0 fully saturated rings. The normalized spacial score (nSPS) is 11.9. The average molecular weight is 719 g/mol. The van der Waals surface area contributed by atoms with Crippen LogP contribution in [0, 0.1) is 0 Å². The lowest BCUT2D eigenvalue weighted by atomic mass is 9.83. The fraction of sp³-hybridized carbons (Fsp3) is 0.0606. The molecule has 5 aromatic rings. The van der Waals surface area contributed by atoms with Crippen LogP contribution in [0.3, 0.4) is 0 Å². The van der Waals surface area contributed by atoms with Crippen molar-refractivity contribution in [2.45, 2.75) is 12.4 Å². The third-order valence-electron chi connectivity index (χ3n) is 6.82. The van der Waals surface area contributed by atoms with E-state index in [9.17, 15) is 31.1 Å². The largest absolute Gasteiger partial charge is 0.416 e. The monoisotopic (exact) mass is 717 g/mol. The van der Waals surface area contributed by atoms with Gasteiger partial charge in [-0.15, -0.1) is 0 Å². The number of benzene rings is 5. The Labute approximate surface area is 259 Å². The fourth-order valence-corrected chi connectivity index (χ4v) is 5.34. The van der Waals surface area contributed by atoms with E-state index in [-0.39, 0.29) is 34.0 Å². The Morgan fingerprint density at radius 1 is 0.581 bits per heavy atom. The Balaban J connectivity index is 1.93. The summed E-state index contributed by atoms with van der Waals surface area (Å²) in [7, 11) is 0. The number of carbonyl (C=O) groups is 1. The number of carbonyl (C=O) groups excluding carboxylic acids is 1. The molecule has 0 aromatic heterocycles. The van der Waals surface area contributed by atoms with E-state index < -0.39 is 34.8 Å². The minimum absolute atomic E-state index is 0.0460. The molecular formula is C33H19Br2F6NO. The Morgan fingerprint density at radius 3 is 1.58 bits per heavy atom. The molecule has 0 heterocycles. The zero-order valence-electron chi connectivity index (χ0n) is 21.8. The fourth-order valence-electron chi connectivity index (χ4n) is 4.81. The summed E-state index contributed by atoms with van der Waals surface area (Å²) in [6, 6.07) is 24.7. The third kappa shape index (κ3) is 6.40. The number of rotatable bonds is 5. The van der Waals surface area contributed by atoms with Gasteiger partial charge in [0.15, 0.2) is 5.78 Å². The summed E-state index contributed by atoms with van der Waals surface area (Å²) in [4.78, 5) is 14.0. The lowest BCUT2D eigenvalue weighted by molar-refractivity contribution is -0.143. The molecule has 2 N–H and O–H groups in total. The summed E-state index contributed by atoms with van der Waals surface area (Å²) in [5.41, 5.74) is 4.77. The molecular weight excluding hydrogens is 700 g/mol. The number of alkyl halides is 6. The summed E-state index contributed by atoms with van der Waals surface area (Å²) in [6.07, 6.45) is -10.2. The smallest absolute Gasteiger partial charge is 0.398 e. The molecule has 0 radical (unpaired) electrons. The van der Waals surface area contributed by atoms with Crippen molar-refractivity contribution >= 4 is 43.3 Å². The summed E-state index contributed by atoms with van der Waals surface area (Å²) in [6.45, 7) is 0. The highest BCUT2D eigenvalue weighted by Gasteiger charge is 2.38. The summed E-state index contributed by atoms with van der Waals surface area (Å²) < 4.78 is 84.8. The molecule has 43 heavy (non-hydrogen) atoms. The number of nitrogens with two attached hydrogens (primary N) is 1. The molecule has 0 bridgehead atoms. The molecule has 0 saturated carbocycles. The molecule has 0 aliphatic rings. The molecule has 0 spiro atoms. The van der Waals surface area contributed by atoms with Crippen molar-refractivity contribution in [1.29, 1.82) is 0 Å². The Kier molecular flexibility index (Phi) is 8.28. The molecule has 0 saturated heterocycles. The van der Waals surface area contributed by atoms with Crippen LogP contribution in [0.15, 0.2) is 112 Å². The van der Waals surface area contributed by atoms with E-state index in [1.54, 1.807) is 84.9 Å². The lowest BCUT2D eigenvalue weighted by Crippen LogP contribution is -2.13. The van der Waals surface area contributed by atoms with E-state index in [4.69, 9.17) is 5.73 Å². The van der Waals surface area contributed by atoms with Crippen molar-refractivity contribution in [3.05, 3.63) is 134 Å². The van der Waals surface area contributed by atoms with Crippen LogP contribution in [0.2, 0.25) is 0 Å². The maximum atomic E-state index is 14.0. The van der Waals surface area contributed by atoms with Gasteiger partial charge in [0.05, 0.1) is 22.4 Å². The van der Waals surface area contributed by atoms with Crippen molar-refractivity contribution in [2.24, 2.45) is 0 Å². The van der Waals surface area contributed by atoms with Gasteiger partial charge in [0, 0.05) is 20.1 Å². The first-order chi connectivity index (χ1) is 20.2. The number of ketones is 1. The van der Waals surface area contributed by atoms with E-state index in [1.165, 1.54) is 0 Å². The van der Waals surface area contributed by atoms with Crippen molar-refractivity contribution in [3.63, 3.8) is 0 Å². The molecule has 0 amide bonds. The quantitative estimate of drug-likeness (QED) is 0.112. The number of hydrogen-bond donors (Lipinski definition) is 1. The molecule has 10 heteroatoms.